The molecule has 24 heavy (non-hydrogen) atoms. The van der Waals surface area contributed by atoms with Crippen molar-refractivity contribution in [3.63, 3.8) is 0 Å². The summed E-state index contributed by atoms with van der Waals surface area (Å²) in [6.07, 6.45) is 1.61. The monoisotopic (exact) mass is 328 g/mol. The molecule has 2 aromatic carbocycles. The summed E-state index contributed by atoms with van der Waals surface area (Å²) >= 11 is 0. The van der Waals surface area contributed by atoms with Crippen LogP contribution >= 0.6 is 0 Å². The quantitative estimate of drug-likeness (QED) is 0.667. The Kier molecular flexibility index (Phi) is 9.03. The van der Waals surface area contributed by atoms with Gasteiger partial charge in [0.05, 0.1) is 6.10 Å². The lowest BCUT2D eigenvalue weighted by Crippen LogP contribution is -2.09. The van der Waals surface area contributed by atoms with Crippen molar-refractivity contribution in [2.45, 2.75) is 46.6 Å². The van der Waals surface area contributed by atoms with E-state index in [9.17, 15) is 9.90 Å². The molecule has 0 saturated carbocycles. The maximum atomic E-state index is 11.6. The van der Waals surface area contributed by atoms with Crippen molar-refractivity contribution < 1.29 is 11.3 Å². The molecule has 0 aromatic heterocycles. The number of carbonyl (C=O) groups is 1. The number of hydrogen-bond donors (Lipinski definition) is 1. The summed E-state index contributed by atoms with van der Waals surface area (Å²) < 4.78 is 0. The molecule has 3 atom stereocenters. The Morgan fingerprint density at radius 1 is 0.917 bits per heavy atom. The van der Waals surface area contributed by atoms with Gasteiger partial charge in [0.15, 0.2) is 5.78 Å². The van der Waals surface area contributed by atoms with Gasteiger partial charge in [-0.2, -0.15) is 0 Å². The first-order valence-electron chi connectivity index (χ1n) is 8.83. The maximum Gasteiger partial charge on any atom is 0.165 e. The Labute approximate surface area is 148 Å². The van der Waals surface area contributed by atoms with E-state index in [2.05, 4.69) is 13.8 Å². The third kappa shape index (κ3) is 6.29. The summed E-state index contributed by atoms with van der Waals surface area (Å²) in [5.41, 5.74) is 1.85. The minimum Gasteiger partial charge on any atom is -0.388 e. The molecule has 3 unspecified atom stereocenters. The van der Waals surface area contributed by atoms with Gasteiger partial charge in [0.1, 0.15) is 0 Å². The van der Waals surface area contributed by atoms with E-state index in [0.717, 1.165) is 24.0 Å². The fourth-order valence-corrected chi connectivity index (χ4v) is 2.27. The molecule has 2 rings (SSSR count). The fraction of sp³-hybridized carbons (Fsp3) is 0.409. The molecule has 132 valence electrons. The third-order valence-electron chi connectivity index (χ3n) is 4.44. The van der Waals surface area contributed by atoms with Crippen molar-refractivity contribution in [3.05, 3.63) is 71.8 Å². The third-order valence-corrected chi connectivity index (χ3v) is 4.44. The van der Waals surface area contributed by atoms with Crippen LogP contribution in [0.15, 0.2) is 60.7 Å². The summed E-state index contributed by atoms with van der Waals surface area (Å²) in [6.45, 7) is 8.16. The molecule has 0 aliphatic heterocycles. The summed E-state index contributed by atoms with van der Waals surface area (Å²) in [4.78, 5) is 11.6. The number of Topliss-reactive ketones (excluding diaryl/α,β-unsaturated/α-hetero) is 1. The second kappa shape index (κ2) is 10.8. The van der Waals surface area contributed by atoms with E-state index >= 15 is 0 Å². The molecule has 0 aliphatic rings. The minimum atomic E-state index is -0.309. The van der Waals surface area contributed by atoms with Crippen molar-refractivity contribution in [1.82, 2.24) is 0 Å². The molecular formula is C22H32O2. The highest BCUT2D eigenvalue weighted by atomic mass is 16.3. The molecule has 0 amide bonds. The molecule has 2 heteroatoms. The van der Waals surface area contributed by atoms with Crippen LogP contribution in [-0.2, 0) is 0 Å². The maximum absolute atomic E-state index is 11.6. The Bertz CT molecular complexity index is 583. The highest BCUT2D eigenvalue weighted by Crippen LogP contribution is 2.23. The highest BCUT2D eigenvalue weighted by Gasteiger charge is 2.13. The Morgan fingerprint density at radius 2 is 1.42 bits per heavy atom. The molecule has 2 aromatic rings. The molecule has 0 bridgehead atoms. The van der Waals surface area contributed by atoms with Gasteiger partial charge in [-0.3, -0.25) is 4.79 Å². The van der Waals surface area contributed by atoms with E-state index in [1.54, 1.807) is 0 Å². The van der Waals surface area contributed by atoms with Gasteiger partial charge >= 0.3 is 0 Å². The van der Waals surface area contributed by atoms with E-state index < -0.39 is 0 Å². The van der Waals surface area contributed by atoms with E-state index in [1.165, 1.54) is 0 Å². The number of aliphatic hydroxyl groups is 1. The van der Waals surface area contributed by atoms with E-state index in [0.29, 0.717) is 5.92 Å². The second-order valence-electron chi connectivity index (χ2n) is 6.28. The zero-order valence-corrected chi connectivity index (χ0v) is 15.3. The first kappa shape index (κ1) is 20.1. The van der Waals surface area contributed by atoms with Gasteiger partial charge in [-0.05, 0) is 17.9 Å². The second-order valence-corrected chi connectivity index (χ2v) is 6.28. The molecule has 1 N–H and O–H groups in total. The smallest absolute Gasteiger partial charge is 0.165 e. The van der Waals surface area contributed by atoms with Crippen LogP contribution < -0.4 is 0 Å². The fourth-order valence-electron chi connectivity index (χ4n) is 2.27. The Balaban J connectivity index is 0.000000443. The van der Waals surface area contributed by atoms with Crippen LogP contribution in [0.4, 0.5) is 0 Å². The van der Waals surface area contributed by atoms with Gasteiger partial charge in [0.25, 0.3) is 0 Å². The predicted molar refractivity (Wildman–Crippen MR) is 103 cm³/mol. The number of aliphatic hydroxyl groups excluding tert-OH is 1. The minimum absolute atomic E-state index is 0. The predicted octanol–water partition coefficient (Wildman–Crippen LogP) is 5.93. The van der Waals surface area contributed by atoms with Crippen molar-refractivity contribution in [2.75, 3.05) is 0 Å². The first-order valence-corrected chi connectivity index (χ1v) is 8.83. The molecule has 0 saturated heterocycles. The van der Waals surface area contributed by atoms with Crippen molar-refractivity contribution in [2.24, 2.45) is 11.8 Å². The first-order chi connectivity index (χ1) is 11.5. The SMILES string of the molecule is CCC(C)C(=O)c1ccccc1.CCC(C)C(O)c1ccccc1.[HH]. The molecule has 0 fully saturated rings. The molecule has 0 radical (unpaired) electrons. The summed E-state index contributed by atoms with van der Waals surface area (Å²) in [7, 11) is 0. The largest absolute Gasteiger partial charge is 0.388 e. The molecule has 0 spiro atoms. The van der Waals surface area contributed by atoms with Gasteiger partial charge in [0.2, 0.25) is 0 Å². The average molecular weight is 328 g/mol. The normalized spacial score (nSPS) is 14.0. The zero-order chi connectivity index (χ0) is 17.9. The molecule has 2 nitrogen and oxygen atoms in total. The lowest BCUT2D eigenvalue weighted by Gasteiger charge is -2.16. The van der Waals surface area contributed by atoms with Crippen LogP contribution in [-0.4, -0.2) is 10.9 Å². The van der Waals surface area contributed by atoms with Gasteiger partial charge in [0, 0.05) is 12.9 Å². The number of hydrogen-bond acceptors (Lipinski definition) is 2. The van der Waals surface area contributed by atoms with E-state index in [-0.39, 0.29) is 19.2 Å². The van der Waals surface area contributed by atoms with Gasteiger partial charge < -0.3 is 5.11 Å². The Morgan fingerprint density at radius 3 is 1.88 bits per heavy atom. The highest BCUT2D eigenvalue weighted by molar-refractivity contribution is 5.97. The lowest BCUT2D eigenvalue weighted by molar-refractivity contribution is 0.0927. The standard InChI is InChI=1S/C11H16O.C11H14O.H2/c2*1-3-9(2)11(12)10-7-5-4-6-8-10;/h4-9,11-12H,3H2,1-2H3;4-9H,3H2,1-2H3;1H. The van der Waals surface area contributed by atoms with Crippen LogP contribution in [0.3, 0.4) is 0 Å². The van der Waals surface area contributed by atoms with Crippen LogP contribution in [0.2, 0.25) is 0 Å². The average Bonchev–Trinajstić information content (AvgIpc) is 2.67. The number of carbonyl (C=O) groups excluding carboxylic acids is 1. The molecule has 0 aliphatic carbocycles. The van der Waals surface area contributed by atoms with E-state index in [1.807, 2.05) is 74.5 Å². The van der Waals surface area contributed by atoms with Crippen LogP contribution in [0.1, 0.15) is 64.0 Å². The number of benzene rings is 2. The van der Waals surface area contributed by atoms with Crippen LogP contribution in [0.25, 0.3) is 0 Å². The summed E-state index contributed by atoms with van der Waals surface area (Å²) in [6, 6.07) is 19.3. The van der Waals surface area contributed by atoms with E-state index in [4.69, 9.17) is 0 Å². The zero-order valence-electron chi connectivity index (χ0n) is 15.3. The van der Waals surface area contributed by atoms with Crippen molar-refractivity contribution in [1.29, 1.82) is 0 Å². The van der Waals surface area contributed by atoms with Crippen molar-refractivity contribution >= 4 is 5.78 Å². The molecular weight excluding hydrogens is 296 g/mol. The summed E-state index contributed by atoms with van der Waals surface area (Å²) in [5, 5.41) is 9.79. The van der Waals surface area contributed by atoms with Crippen LogP contribution in [0.5, 0.6) is 0 Å². The van der Waals surface area contributed by atoms with Gasteiger partial charge in [-0.15, -0.1) is 0 Å². The molecule has 0 heterocycles. The van der Waals surface area contributed by atoms with Crippen molar-refractivity contribution in [3.8, 4) is 0 Å². The number of rotatable bonds is 6. The van der Waals surface area contributed by atoms with Gasteiger partial charge in [-0.25, -0.2) is 0 Å². The van der Waals surface area contributed by atoms with Crippen LogP contribution in [0, 0.1) is 11.8 Å². The lowest BCUT2D eigenvalue weighted by atomic mass is 9.95. The Hall–Kier alpha value is -1.93. The summed E-state index contributed by atoms with van der Waals surface area (Å²) in [5.74, 6) is 0.734. The van der Waals surface area contributed by atoms with Gasteiger partial charge in [-0.1, -0.05) is 94.8 Å². The number of ketones is 1. The topological polar surface area (TPSA) is 37.3 Å².